The summed E-state index contributed by atoms with van der Waals surface area (Å²) in [6.45, 7) is 5.62. The molecule has 1 rings (SSSR count). The van der Waals surface area contributed by atoms with E-state index in [2.05, 4.69) is 6.58 Å². The van der Waals surface area contributed by atoms with E-state index in [4.69, 9.17) is 9.47 Å². The zero-order valence-corrected chi connectivity index (χ0v) is 8.68. The predicted molar refractivity (Wildman–Crippen MR) is 57.1 cm³/mol. The molecule has 1 unspecified atom stereocenters. The SMILES string of the molecule is C=COC(=O)C(OCC)c1ccccc1. The van der Waals surface area contributed by atoms with E-state index in [9.17, 15) is 4.79 Å². The zero-order valence-electron chi connectivity index (χ0n) is 8.68. The maximum Gasteiger partial charge on any atom is 0.344 e. The van der Waals surface area contributed by atoms with Gasteiger partial charge in [0, 0.05) is 6.61 Å². The van der Waals surface area contributed by atoms with Gasteiger partial charge in [0.25, 0.3) is 0 Å². The summed E-state index contributed by atoms with van der Waals surface area (Å²) in [6.07, 6.45) is 0.436. The van der Waals surface area contributed by atoms with Crippen LogP contribution in [0.3, 0.4) is 0 Å². The van der Waals surface area contributed by atoms with E-state index in [1.165, 1.54) is 0 Å². The van der Waals surface area contributed by atoms with Crippen LogP contribution in [0.1, 0.15) is 18.6 Å². The van der Waals surface area contributed by atoms with E-state index < -0.39 is 12.1 Å². The highest BCUT2D eigenvalue weighted by atomic mass is 16.6. The lowest BCUT2D eigenvalue weighted by Gasteiger charge is -2.14. The molecule has 1 aromatic carbocycles. The van der Waals surface area contributed by atoms with Gasteiger partial charge < -0.3 is 9.47 Å². The average molecular weight is 206 g/mol. The van der Waals surface area contributed by atoms with Crippen molar-refractivity contribution < 1.29 is 14.3 Å². The molecule has 0 bridgehead atoms. The topological polar surface area (TPSA) is 35.5 Å². The average Bonchev–Trinajstić information content (AvgIpc) is 2.27. The Morgan fingerprint density at radius 3 is 2.67 bits per heavy atom. The van der Waals surface area contributed by atoms with E-state index >= 15 is 0 Å². The number of carbonyl (C=O) groups is 1. The quantitative estimate of drug-likeness (QED) is 0.548. The van der Waals surface area contributed by atoms with Crippen molar-refractivity contribution >= 4 is 5.97 Å². The fourth-order valence-electron chi connectivity index (χ4n) is 1.24. The van der Waals surface area contributed by atoms with Crippen molar-refractivity contribution in [2.75, 3.05) is 6.61 Å². The van der Waals surface area contributed by atoms with E-state index in [-0.39, 0.29) is 0 Å². The van der Waals surface area contributed by atoms with Crippen molar-refractivity contribution in [2.45, 2.75) is 13.0 Å². The standard InChI is InChI=1S/C12H14O3/c1-3-14-11(12(13)15-4-2)10-8-6-5-7-9-10/h4-9,11H,2-3H2,1H3. The number of carbonyl (C=O) groups excluding carboxylic acids is 1. The maximum atomic E-state index is 11.5. The largest absolute Gasteiger partial charge is 0.433 e. The molecule has 0 saturated carbocycles. The number of hydrogen-bond donors (Lipinski definition) is 0. The first-order valence-electron chi connectivity index (χ1n) is 4.77. The molecule has 0 aliphatic rings. The van der Waals surface area contributed by atoms with Gasteiger partial charge in [0.05, 0.1) is 6.26 Å². The summed E-state index contributed by atoms with van der Waals surface area (Å²) in [5, 5.41) is 0. The van der Waals surface area contributed by atoms with Crippen LogP contribution < -0.4 is 0 Å². The highest BCUT2D eigenvalue weighted by molar-refractivity contribution is 5.77. The van der Waals surface area contributed by atoms with Crippen molar-refractivity contribution in [3.8, 4) is 0 Å². The number of esters is 1. The summed E-state index contributed by atoms with van der Waals surface area (Å²) in [5.74, 6) is -0.446. The van der Waals surface area contributed by atoms with Crippen LogP contribution in [-0.2, 0) is 14.3 Å². The van der Waals surface area contributed by atoms with Gasteiger partial charge in [-0.05, 0) is 12.5 Å². The van der Waals surface area contributed by atoms with Crippen molar-refractivity contribution in [3.05, 3.63) is 48.7 Å². The maximum absolute atomic E-state index is 11.5. The minimum absolute atomic E-state index is 0.446. The Morgan fingerprint density at radius 2 is 2.13 bits per heavy atom. The Labute approximate surface area is 89.3 Å². The Balaban J connectivity index is 2.82. The lowest BCUT2D eigenvalue weighted by Crippen LogP contribution is -2.17. The molecular formula is C12H14O3. The molecule has 0 fully saturated rings. The second kappa shape index (κ2) is 5.98. The first kappa shape index (κ1) is 11.5. The molecule has 0 heterocycles. The molecule has 0 amide bonds. The van der Waals surface area contributed by atoms with E-state index in [1.54, 1.807) is 0 Å². The van der Waals surface area contributed by atoms with Crippen LogP contribution in [0, 0.1) is 0 Å². The second-order valence-corrected chi connectivity index (χ2v) is 2.85. The van der Waals surface area contributed by atoms with Gasteiger partial charge in [0.15, 0.2) is 6.10 Å². The molecule has 1 atom stereocenters. The van der Waals surface area contributed by atoms with Gasteiger partial charge in [-0.2, -0.15) is 0 Å². The van der Waals surface area contributed by atoms with E-state index in [1.807, 2.05) is 37.3 Å². The Kier molecular flexibility index (Phi) is 4.57. The molecule has 0 aliphatic carbocycles. The summed E-state index contributed by atoms with van der Waals surface area (Å²) >= 11 is 0. The van der Waals surface area contributed by atoms with E-state index in [0.717, 1.165) is 11.8 Å². The Hall–Kier alpha value is -1.61. The summed E-state index contributed by atoms with van der Waals surface area (Å²) < 4.78 is 10.0. The summed E-state index contributed by atoms with van der Waals surface area (Å²) in [4.78, 5) is 11.5. The molecule has 0 saturated heterocycles. The molecule has 0 radical (unpaired) electrons. The van der Waals surface area contributed by atoms with E-state index in [0.29, 0.717) is 6.61 Å². The van der Waals surface area contributed by atoms with Gasteiger partial charge >= 0.3 is 5.97 Å². The van der Waals surface area contributed by atoms with Crippen LogP contribution in [0.25, 0.3) is 0 Å². The van der Waals surface area contributed by atoms with Crippen molar-refractivity contribution in [2.24, 2.45) is 0 Å². The summed E-state index contributed by atoms with van der Waals surface area (Å²) in [5.41, 5.74) is 0.784. The lowest BCUT2D eigenvalue weighted by molar-refractivity contribution is -0.151. The van der Waals surface area contributed by atoms with Gasteiger partial charge in [0.1, 0.15) is 0 Å². The molecule has 3 heteroatoms. The smallest absolute Gasteiger partial charge is 0.344 e. The van der Waals surface area contributed by atoms with Crippen LogP contribution in [0.2, 0.25) is 0 Å². The van der Waals surface area contributed by atoms with Gasteiger partial charge in [0.2, 0.25) is 0 Å². The number of ether oxygens (including phenoxy) is 2. The molecule has 15 heavy (non-hydrogen) atoms. The van der Waals surface area contributed by atoms with Crippen molar-refractivity contribution in [3.63, 3.8) is 0 Å². The highest BCUT2D eigenvalue weighted by Gasteiger charge is 2.21. The van der Waals surface area contributed by atoms with Crippen LogP contribution in [0.4, 0.5) is 0 Å². The minimum Gasteiger partial charge on any atom is -0.433 e. The first-order valence-corrected chi connectivity index (χ1v) is 4.77. The Bertz CT molecular complexity index is 319. The minimum atomic E-state index is -0.672. The van der Waals surface area contributed by atoms with Gasteiger partial charge in [-0.25, -0.2) is 4.79 Å². The van der Waals surface area contributed by atoms with Gasteiger partial charge in [-0.3, -0.25) is 0 Å². The lowest BCUT2D eigenvalue weighted by atomic mass is 10.1. The third-order valence-corrected chi connectivity index (χ3v) is 1.85. The number of hydrogen-bond acceptors (Lipinski definition) is 3. The van der Waals surface area contributed by atoms with Crippen LogP contribution in [-0.4, -0.2) is 12.6 Å². The molecule has 3 nitrogen and oxygen atoms in total. The fourth-order valence-corrected chi connectivity index (χ4v) is 1.24. The molecule has 0 aliphatic heterocycles. The number of benzene rings is 1. The molecule has 0 aromatic heterocycles. The zero-order chi connectivity index (χ0) is 11.1. The third kappa shape index (κ3) is 3.22. The monoisotopic (exact) mass is 206 g/mol. The third-order valence-electron chi connectivity index (χ3n) is 1.85. The Morgan fingerprint density at radius 1 is 1.47 bits per heavy atom. The summed E-state index contributed by atoms with van der Waals surface area (Å²) in [7, 11) is 0. The molecule has 1 aromatic rings. The molecule has 0 N–H and O–H groups in total. The van der Waals surface area contributed by atoms with Gasteiger partial charge in [-0.1, -0.05) is 36.9 Å². The first-order chi connectivity index (χ1) is 7.29. The van der Waals surface area contributed by atoms with Crippen molar-refractivity contribution in [1.29, 1.82) is 0 Å². The van der Waals surface area contributed by atoms with Crippen LogP contribution in [0.15, 0.2) is 43.2 Å². The van der Waals surface area contributed by atoms with Crippen LogP contribution >= 0.6 is 0 Å². The fraction of sp³-hybridized carbons (Fsp3) is 0.250. The normalized spacial score (nSPS) is 11.8. The second-order valence-electron chi connectivity index (χ2n) is 2.85. The molecular weight excluding hydrogens is 192 g/mol. The number of rotatable bonds is 5. The van der Waals surface area contributed by atoms with Gasteiger partial charge in [-0.15, -0.1) is 0 Å². The highest BCUT2D eigenvalue weighted by Crippen LogP contribution is 2.18. The molecule has 80 valence electrons. The predicted octanol–water partition coefficient (Wildman–Crippen LogP) is 2.45. The van der Waals surface area contributed by atoms with Crippen molar-refractivity contribution in [1.82, 2.24) is 0 Å². The molecule has 0 spiro atoms. The summed E-state index contributed by atoms with van der Waals surface area (Å²) in [6, 6.07) is 9.23. The van der Waals surface area contributed by atoms with Crippen LogP contribution in [0.5, 0.6) is 0 Å².